The SMILES string of the molecule is CN(C(=O)c1ccc2nc(N)c3cnn(C)c3c2c1)[C@@H]1CCc2cc(-c3cnn(C)c3)ccc21. The van der Waals surface area contributed by atoms with Gasteiger partial charge in [0.2, 0.25) is 0 Å². The van der Waals surface area contributed by atoms with Gasteiger partial charge in [-0.1, -0.05) is 18.2 Å². The van der Waals surface area contributed by atoms with Crippen LogP contribution in [0, 0.1) is 0 Å². The van der Waals surface area contributed by atoms with E-state index >= 15 is 0 Å². The molecule has 0 bridgehead atoms. The molecule has 1 atom stereocenters. The van der Waals surface area contributed by atoms with E-state index in [9.17, 15) is 4.79 Å². The highest BCUT2D eigenvalue weighted by atomic mass is 16.2. The number of nitrogen functional groups attached to an aromatic ring is 1. The van der Waals surface area contributed by atoms with Crippen LogP contribution in [0.25, 0.3) is 32.9 Å². The van der Waals surface area contributed by atoms with Crippen LogP contribution in [-0.2, 0) is 20.5 Å². The Bertz CT molecular complexity index is 1600. The number of hydrogen-bond donors (Lipinski definition) is 1. The van der Waals surface area contributed by atoms with Crippen molar-refractivity contribution in [3.8, 4) is 11.1 Å². The number of aryl methyl sites for hydroxylation is 3. The molecule has 0 aliphatic heterocycles. The van der Waals surface area contributed by atoms with Gasteiger partial charge < -0.3 is 10.6 Å². The monoisotopic (exact) mass is 451 g/mol. The number of benzene rings is 2. The van der Waals surface area contributed by atoms with Crippen LogP contribution in [0.5, 0.6) is 0 Å². The van der Waals surface area contributed by atoms with Crippen LogP contribution in [0.1, 0.15) is 33.9 Å². The van der Waals surface area contributed by atoms with Gasteiger partial charge in [0, 0.05) is 43.9 Å². The molecule has 3 heterocycles. The molecule has 2 aromatic carbocycles. The summed E-state index contributed by atoms with van der Waals surface area (Å²) in [4.78, 5) is 19.9. The highest BCUT2D eigenvalue weighted by molar-refractivity contribution is 6.10. The summed E-state index contributed by atoms with van der Waals surface area (Å²) in [5.74, 6) is 0.434. The van der Waals surface area contributed by atoms with Crippen LogP contribution < -0.4 is 5.73 Å². The van der Waals surface area contributed by atoms with Crippen LogP contribution in [0.15, 0.2) is 55.0 Å². The molecular formula is C26H25N7O. The standard InChI is InChI=1S/C26H25N7O/c1-31-14-18(12-28-31)15-4-7-19-16(10-15)6-9-23(19)32(2)26(34)17-5-8-22-20(11-17)24-21(25(27)30-22)13-29-33(24)3/h4-5,7-8,10-14,23H,6,9H2,1-3H3,(H2,27,30)/t23-/m1/s1. The smallest absolute Gasteiger partial charge is 0.254 e. The Hall–Kier alpha value is -4.20. The summed E-state index contributed by atoms with van der Waals surface area (Å²) >= 11 is 0. The number of carbonyl (C=O) groups excluding carboxylic acids is 1. The van der Waals surface area contributed by atoms with E-state index in [1.165, 1.54) is 11.1 Å². The number of rotatable bonds is 3. The maximum atomic E-state index is 13.5. The normalized spacial score (nSPS) is 15.2. The number of fused-ring (bicyclic) bond motifs is 4. The third-order valence-electron chi connectivity index (χ3n) is 6.97. The lowest BCUT2D eigenvalue weighted by Gasteiger charge is -2.26. The molecule has 0 fully saturated rings. The second-order valence-electron chi connectivity index (χ2n) is 9.05. The minimum absolute atomic E-state index is 0.0109. The van der Waals surface area contributed by atoms with Crippen molar-refractivity contribution in [1.29, 1.82) is 0 Å². The van der Waals surface area contributed by atoms with Gasteiger partial charge in [0.15, 0.2) is 0 Å². The molecule has 3 aromatic heterocycles. The fourth-order valence-electron chi connectivity index (χ4n) is 5.18. The number of pyridine rings is 1. The predicted octanol–water partition coefficient (Wildman–Crippen LogP) is 3.86. The van der Waals surface area contributed by atoms with Crippen molar-refractivity contribution >= 4 is 33.5 Å². The molecule has 34 heavy (non-hydrogen) atoms. The number of anilines is 1. The molecule has 0 saturated carbocycles. The molecule has 1 aliphatic rings. The topological polar surface area (TPSA) is 94.9 Å². The second kappa shape index (κ2) is 7.41. The van der Waals surface area contributed by atoms with E-state index in [-0.39, 0.29) is 11.9 Å². The zero-order chi connectivity index (χ0) is 23.6. The molecule has 1 amide bonds. The van der Waals surface area contributed by atoms with E-state index in [1.54, 1.807) is 10.9 Å². The van der Waals surface area contributed by atoms with Gasteiger partial charge in [-0.15, -0.1) is 0 Å². The average molecular weight is 452 g/mol. The Labute approximate surface area is 196 Å². The van der Waals surface area contributed by atoms with Gasteiger partial charge in [0.25, 0.3) is 5.91 Å². The first kappa shape index (κ1) is 20.4. The zero-order valence-electron chi connectivity index (χ0n) is 19.4. The molecule has 8 nitrogen and oxygen atoms in total. The predicted molar refractivity (Wildman–Crippen MR) is 132 cm³/mol. The van der Waals surface area contributed by atoms with E-state index in [0.717, 1.165) is 45.8 Å². The quantitative estimate of drug-likeness (QED) is 0.449. The Morgan fingerprint density at radius 1 is 1.06 bits per heavy atom. The van der Waals surface area contributed by atoms with Gasteiger partial charge in [-0.2, -0.15) is 10.2 Å². The molecule has 0 radical (unpaired) electrons. The molecule has 5 aromatic rings. The third kappa shape index (κ3) is 3.06. The molecule has 2 N–H and O–H groups in total. The van der Waals surface area contributed by atoms with Gasteiger partial charge in [-0.25, -0.2) is 4.98 Å². The molecular weight excluding hydrogens is 426 g/mol. The van der Waals surface area contributed by atoms with Gasteiger partial charge in [-0.05, 0) is 47.7 Å². The fourth-order valence-corrected chi connectivity index (χ4v) is 5.18. The maximum absolute atomic E-state index is 13.5. The maximum Gasteiger partial charge on any atom is 0.254 e. The first-order valence-electron chi connectivity index (χ1n) is 11.3. The Balaban J connectivity index is 1.34. The lowest BCUT2D eigenvalue weighted by atomic mass is 10.0. The summed E-state index contributed by atoms with van der Waals surface area (Å²) in [6.07, 6.45) is 7.47. The van der Waals surface area contributed by atoms with Gasteiger partial charge in [0.05, 0.1) is 34.9 Å². The van der Waals surface area contributed by atoms with Crippen molar-refractivity contribution in [1.82, 2.24) is 29.4 Å². The number of aromatic nitrogens is 5. The average Bonchev–Trinajstić information content (AvgIpc) is 3.56. The van der Waals surface area contributed by atoms with Crippen molar-refractivity contribution in [2.24, 2.45) is 14.1 Å². The number of hydrogen-bond acceptors (Lipinski definition) is 5. The number of nitrogens with zero attached hydrogens (tertiary/aromatic N) is 6. The van der Waals surface area contributed by atoms with E-state index in [2.05, 4.69) is 33.4 Å². The summed E-state index contributed by atoms with van der Waals surface area (Å²) in [7, 11) is 5.68. The molecule has 6 rings (SSSR count). The molecule has 1 aliphatic carbocycles. The number of nitrogens with two attached hydrogens (primary N) is 1. The van der Waals surface area contributed by atoms with Crippen LogP contribution in [0.4, 0.5) is 5.82 Å². The number of amides is 1. The number of carbonyl (C=O) groups is 1. The van der Waals surface area contributed by atoms with Crippen LogP contribution >= 0.6 is 0 Å². The zero-order valence-corrected chi connectivity index (χ0v) is 19.4. The van der Waals surface area contributed by atoms with Crippen LogP contribution in [-0.4, -0.2) is 42.4 Å². The van der Waals surface area contributed by atoms with Crippen molar-refractivity contribution in [3.63, 3.8) is 0 Å². The Kier molecular flexibility index (Phi) is 4.45. The summed E-state index contributed by atoms with van der Waals surface area (Å²) in [5, 5.41) is 10.3. The van der Waals surface area contributed by atoms with Crippen molar-refractivity contribution < 1.29 is 4.79 Å². The van der Waals surface area contributed by atoms with Gasteiger partial charge in [-0.3, -0.25) is 14.2 Å². The summed E-state index contributed by atoms with van der Waals surface area (Å²) < 4.78 is 3.59. The van der Waals surface area contributed by atoms with E-state index in [0.29, 0.717) is 11.4 Å². The van der Waals surface area contributed by atoms with Crippen molar-refractivity contribution in [2.75, 3.05) is 12.8 Å². The fraction of sp³-hybridized carbons (Fsp3) is 0.231. The Morgan fingerprint density at radius 3 is 2.71 bits per heavy atom. The van der Waals surface area contributed by atoms with E-state index in [4.69, 9.17) is 5.73 Å². The first-order chi connectivity index (χ1) is 16.4. The molecule has 0 saturated heterocycles. The van der Waals surface area contributed by atoms with Gasteiger partial charge >= 0.3 is 0 Å². The van der Waals surface area contributed by atoms with Crippen LogP contribution in [0.3, 0.4) is 0 Å². The highest BCUT2D eigenvalue weighted by Crippen LogP contribution is 2.38. The van der Waals surface area contributed by atoms with E-state index in [1.807, 2.05) is 61.3 Å². The lowest BCUT2D eigenvalue weighted by Crippen LogP contribution is -2.30. The summed E-state index contributed by atoms with van der Waals surface area (Å²) in [6.45, 7) is 0. The third-order valence-corrected chi connectivity index (χ3v) is 6.97. The minimum atomic E-state index is -0.0109. The van der Waals surface area contributed by atoms with Crippen molar-refractivity contribution in [2.45, 2.75) is 18.9 Å². The largest absolute Gasteiger partial charge is 0.383 e. The Morgan fingerprint density at radius 2 is 1.91 bits per heavy atom. The van der Waals surface area contributed by atoms with Gasteiger partial charge in [0.1, 0.15) is 5.82 Å². The minimum Gasteiger partial charge on any atom is -0.383 e. The summed E-state index contributed by atoms with van der Waals surface area (Å²) in [6, 6.07) is 12.2. The first-order valence-corrected chi connectivity index (χ1v) is 11.3. The lowest BCUT2D eigenvalue weighted by molar-refractivity contribution is 0.0731. The molecule has 0 unspecified atom stereocenters. The second-order valence-corrected chi connectivity index (χ2v) is 9.05. The molecule has 0 spiro atoms. The van der Waals surface area contributed by atoms with E-state index < -0.39 is 0 Å². The highest BCUT2D eigenvalue weighted by Gasteiger charge is 2.29. The summed E-state index contributed by atoms with van der Waals surface area (Å²) in [5.41, 5.74) is 13.1. The molecule has 8 heteroatoms. The van der Waals surface area contributed by atoms with Crippen molar-refractivity contribution in [3.05, 3.63) is 71.7 Å². The molecule has 170 valence electrons. The van der Waals surface area contributed by atoms with Crippen LogP contribution in [0.2, 0.25) is 0 Å².